The third kappa shape index (κ3) is 4.78. The predicted molar refractivity (Wildman–Crippen MR) is 129 cm³/mol. The zero-order chi connectivity index (χ0) is 22.7. The van der Waals surface area contributed by atoms with E-state index < -0.39 is 0 Å². The van der Waals surface area contributed by atoms with E-state index in [0.717, 1.165) is 29.1 Å². The first-order valence-corrected chi connectivity index (χ1v) is 12.1. The SMILES string of the molecule is CCOc1ccccc1Nc1nnc(SC(C)C(=O)c2ccc3c(c2)CCN3C(C)=O)s1. The topological polar surface area (TPSA) is 84.4 Å². The van der Waals surface area contributed by atoms with Crippen molar-refractivity contribution in [1.29, 1.82) is 0 Å². The average molecular weight is 469 g/mol. The summed E-state index contributed by atoms with van der Waals surface area (Å²) in [5.74, 6) is 0.810. The highest BCUT2D eigenvalue weighted by Crippen LogP contribution is 2.35. The molecule has 0 radical (unpaired) electrons. The van der Waals surface area contributed by atoms with Crippen LogP contribution in [0.1, 0.15) is 36.7 Å². The van der Waals surface area contributed by atoms with Crippen LogP contribution >= 0.6 is 23.1 Å². The lowest BCUT2D eigenvalue weighted by atomic mass is 10.0. The average Bonchev–Trinajstić information content (AvgIpc) is 3.41. The Morgan fingerprint density at radius 2 is 2.06 bits per heavy atom. The van der Waals surface area contributed by atoms with Gasteiger partial charge in [-0.3, -0.25) is 9.59 Å². The molecule has 32 heavy (non-hydrogen) atoms. The molecule has 166 valence electrons. The summed E-state index contributed by atoms with van der Waals surface area (Å²) in [6.45, 7) is 6.62. The second-order valence-corrected chi connectivity index (χ2v) is 9.88. The summed E-state index contributed by atoms with van der Waals surface area (Å²) in [4.78, 5) is 26.5. The quantitative estimate of drug-likeness (QED) is 0.370. The number of amides is 1. The predicted octanol–water partition coefficient (Wildman–Crippen LogP) is 4.95. The van der Waals surface area contributed by atoms with E-state index in [0.29, 0.717) is 28.2 Å². The van der Waals surface area contributed by atoms with Gasteiger partial charge in [-0.05, 0) is 56.2 Å². The summed E-state index contributed by atoms with van der Waals surface area (Å²) in [5.41, 5.74) is 3.42. The minimum absolute atomic E-state index is 0.0244. The van der Waals surface area contributed by atoms with Gasteiger partial charge in [0.05, 0.1) is 17.5 Å². The molecule has 0 saturated heterocycles. The van der Waals surface area contributed by atoms with Crippen LogP contribution in [-0.4, -0.2) is 40.3 Å². The molecule has 1 aliphatic heterocycles. The van der Waals surface area contributed by atoms with E-state index in [2.05, 4.69) is 15.5 Å². The van der Waals surface area contributed by atoms with Crippen molar-refractivity contribution in [3.05, 3.63) is 53.6 Å². The molecule has 2 heterocycles. The lowest BCUT2D eigenvalue weighted by Gasteiger charge is -2.15. The van der Waals surface area contributed by atoms with Crippen LogP contribution in [0.25, 0.3) is 0 Å². The maximum absolute atomic E-state index is 13.0. The number of hydrogen-bond acceptors (Lipinski definition) is 8. The van der Waals surface area contributed by atoms with Crippen molar-refractivity contribution in [2.24, 2.45) is 0 Å². The highest BCUT2D eigenvalue weighted by molar-refractivity contribution is 8.02. The number of ketones is 1. The molecule has 1 unspecified atom stereocenters. The van der Waals surface area contributed by atoms with E-state index in [4.69, 9.17) is 4.74 Å². The van der Waals surface area contributed by atoms with E-state index in [-0.39, 0.29) is 16.9 Å². The van der Waals surface area contributed by atoms with E-state index in [1.165, 1.54) is 23.1 Å². The van der Waals surface area contributed by atoms with Crippen molar-refractivity contribution >= 4 is 51.3 Å². The first-order chi connectivity index (χ1) is 15.5. The highest BCUT2D eigenvalue weighted by atomic mass is 32.2. The molecule has 0 spiro atoms. The molecular weight excluding hydrogens is 444 g/mol. The lowest BCUT2D eigenvalue weighted by Crippen LogP contribution is -2.25. The first kappa shape index (κ1) is 22.3. The van der Waals surface area contributed by atoms with Gasteiger partial charge in [0.1, 0.15) is 5.75 Å². The number of nitrogens with one attached hydrogen (secondary N) is 1. The van der Waals surface area contributed by atoms with Crippen molar-refractivity contribution in [3.8, 4) is 5.75 Å². The summed E-state index contributed by atoms with van der Waals surface area (Å²) in [6.07, 6.45) is 0.770. The van der Waals surface area contributed by atoms with Crippen molar-refractivity contribution in [1.82, 2.24) is 10.2 Å². The number of carbonyl (C=O) groups excluding carboxylic acids is 2. The standard InChI is InChI=1S/C23H24N4O3S2/c1-4-30-20-8-6-5-7-18(20)24-22-25-26-23(32-22)31-14(2)21(29)17-9-10-19-16(13-17)11-12-27(19)15(3)28/h5-10,13-14H,4,11-12H2,1-3H3,(H,24,25). The number of para-hydroxylation sites is 2. The number of Topliss-reactive ketones (excluding diaryl/α,β-unsaturated/α-hetero) is 1. The Labute approximate surface area is 195 Å². The van der Waals surface area contributed by atoms with Crippen LogP contribution < -0.4 is 15.0 Å². The van der Waals surface area contributed by atoms with Crippen molar-refractivity contribution in [3.63, 3.8) is 0 Å². The molecule has 0 saturated carbocycles. The molecule has 1 aliphatic rings. The Kier molecular flexibility index (Phi) is 6.76. The second-order valence-electron chi connectivity index (χ2n) is 7.32. The maximum Gasteiger partial charge on any atom is 0.223 e. The van der Waals surface area contributed by atoms with Gasteiger partial charge in [0.2, 0.25) is 11.0 Å². The van der Waals surface area contributed by atoms with Gasteiger partial charge >= 0.3 is 0 Å². The summed E-state index contributed by atoms with van der Waals surface area (Å²) >= 11 is 2.79. The number of anilines is 3. The molecule has 9 heteroatoms. The van der Waals surface area contributed by atoms with Crippen molar-refractivity contribution in [2.75, 3.05) is 23.4 Å². The monoisotopic (exact) mass is 468 g/mol. The first-order valence-electron chi connectivity index (χ1n) is 10.4. The molecule has 1 amide bonds. The van der Waals surface area contributed by atoms with Gasteiger partial charge < -0.3 is 15.0 Å². The molecule has 0 bridgehead atoms. The third-order valence-corrected chi connectivity index (χ3v) is 7.14. The molecule has 1 aromatic heterocycles. The van der Waals surface area contributed by atoms with Gasteiger partial charge in [0.25, 0.3) is 0 Å². The fourth-order valence-electron chi connectivity index (χ4n) is 3.60. The van der Waals surface area contributed by atoms with E-state index >= 15 is 0 Å². The minimum atomic E-state index is -0.310. The fourth-order valence-corrected chi connectivity index (χ4v) is 5.58. The number of carbonyl (C=O) groups is 2. The normalized spacial score (nSPS) is 13.5. The highest BCUT2D eigenvalue weighted by Gasteiger charge is 2.25. The Morgan fingerprint density at radius 1 is 1.25 bits per heavy atom. The Bertz CT molecular complexity index is 1150. The molecule has 1 atom stereocenters. The Balaban J connectivity index is 1.42. The number of nitrogens with zero attached hydrogens (tertiary/aromatic N) is 3. The lowest BCUT2D eigenvalue weighted by molar-refractivity contribution is -0.116. The smallest absolute Gasteiger partial charge is 0.223 e. The fraction of sp³-hybridized carbons (Fsp3) is 0.304. The van der Waals surface area contributed by atoms with Crippen LogP contribution in [0.5, 0.6) is 5.75 Å². The van der Waals surface area contributed by atoms with E-state index in [1.54, 1.807) is 17.9 Å². The van der Waals surface area contributed by atoms with Gasteiger partial charge in [-0.25, -0.2) is 0 Å². The molecule has 1 N–H and O–H groups in total. The molecule has 0 aliphatic carbocycles. The number of thioether (sulfide) groups is 1. The number of rotatable bonds is 8. The van der Waals surface area contributed by atoms with Crippen LogP contribution in [0.15, 0.2) is 46.8 Å². The molecule has 4 rings (SSSR count). The zero-order valence-corrected chi connectivity index (χ0v) is 19.8. The Hall–Kier alpha value is -2.91. The molecule has 0 fully saturated rings. The van der Waals surface area contributed by atoms with Crippen LogP contribution in [0.2, 0.25) is 0 Å². The van der Waals surface area contributed by atoms with Gasteiger partial charge in [-0.1, -0.05) is 35.2 Å². The largest absolute Gasteiger partial charge is 0.492 e. The minimum Gasteiger partial charge on any atom is -0.492 e. The summed E-state index contributed by atoms with van der Waals surface area (Å²) < 4.78 is 6.35. The van der Waals surface area contributed by atoms with Crippen molar-refractivity contribution < 1.29 is 14.3 Å². The third-order valence-electron chi connectivity index (χ3n) is 5.12. The van der Waals surface area contributed by atoms with Gasteiger partial charge in [-0.15, -0.1) is 10.2 Å². The molecule has 7 nitrogen and oxygen atoms in total. The number of fused-ring (bicyclic) bond motifs is 1. The second kappa shape index (κ2) is 9.70. The Morgan fingerprint density at radius 3 is 2.84 bits per heavy atom. The van der Waals surface area contributed by atoms with Crippen LogP contribution in [0, 0.1) is 0 Å². The number of aromatic nitrogens is 2. The van der Waals surface area contributed by atoms with Gasteiger partial charge in [-0.2, -0.15) is 0 Å². The van der Waals surface area contributed by atoms with Crippen molar-refractivity contribution in [2.45, 2.75) is 36.8 Å². The van der Waals surface area contributed by atoms with Crippen LogP contribution in [-0.2, 0) is 11.2 Å². The number of ether oxygens (including phenoxy) is 1. The van der Waals surface area contributed by atoms with Gasteiger partial charge in [0.15, 0.2) is 10.1 Å². The summed E-state index contributed by atoms with van der Waals surface area (Å²) in [5, 5.41) is 12.0. The molecule has 2 aromatic carbocycles. The zero-order valence-electron chi connectivity index (χ0n) is 18.1. The molecular formula is C23H24N4O3S2. The number of benzene rings is 2. The number of hydrogen-bond donors (Lipinski definition) is 1. The van der Waals surface area contributed by atoms with E-state index in [1.807, 2.05) is 50.2 Å². The summed E-state index contributed by atoms with van der Waals surface area (Å²) in [6, 6.07) is 13.3. The van der Waals surface area contributed by atoms with Crippen LogP contribution in [0.3, 0.4) is 0 Å². The molecule has 3 aromatic rings. The maximum atomic E-state index is 13.0. The van der Waals surface area contributed by atoms with Gasteiger partial charge in [0, 0.05) is 24.7 Å². The summed E-state index contributed by atoms with van der Waals surface area (Å²) in [7, 11) is 0. The van der Waals surface area contributed by atoms with E-state index in [9.17, 15) is 9.59 Å². The van der Waals surface area contributed by atoms with Crippen LogP contribution in [0.4, 0.5) is 16.5 Å².